The Labute approximate surface area is 136 Å². The summed E-state index contributed by atoms with van der Waals surface area (Å²) in [5, 5.41) is 3.05. The van der Waals surface area contributed by atoms with Gasteiger partial charge in [0, 0.05) is 32.4 Å². The molecule has 20 heavy (non-hydrogen) atoms. The van der Waals surface area contributed by atoms with E-state index < -0.39 is 12.2 Å². The minimum absolute atomic E-state index is 0. The van der Waals surface area contributed by atoms with Gasteiger partial charge in [-0.3, -0.25) is 4.90 Å². The van der Waals surface area contributed by atoms with Crippen LogP contribution in [-0.4, -0.2) is 42.2 Å². The molecule has 1 saturated heterocycles. The van der Waals surface area contributed by atoms with Crippen LogP contribution in [-0.2, 0) is 0 Å². The van der Waals surface area contributed by atoms with Crippen molar-refractivity contribution in [1.82, 2.24) is 15.2 Å². The van der Waals surface area contributed by atoms with Crippen LogP contribution in [0.3, 0.4) is 0 Å². The van der Waals surface area contributed by atoms with Gasteiger partial charge in [0.2, 0.25) is 0 Å². The summed E-state index contributed by atoms with van der Waals surface area (Å²) in [5.74, 6) is 0. The first-order valence-electron chi connectivity index (χ1n) is 5.61. The normalized spacial score (nSPS) is 17.8. The summed E-state index contributed by atoms with van der Waals surface area (Å²) in [4.78, 5) is 5.32. The molecule has 0 saturated carbocycles. The predicted octanol–water partition coefficient (Wildman–Crippen LogP) is 3.20. The van der Waals surface area contributed by atoms with E-state index in [-0.39, 0.29) is 30.4 Å². The molecule has 0 spiro atoms. The Kier molecular flexibility index (Phi) is 8.35. The molecular weight excluding hydrogens is 382 g/mol. The first-order valence-corrected chi connectivity index (χ1v) is 6.41. The van der Waals surface area contributed by atoms with Crippen molar-refractivity contribution in [3.8, 4) is 0 Å². The lowest BCUT2D eigenvalue weighted by atomic mass is 10.1. The van der Waals surface area contributed by atoms with Crippen LogP contribution in [0.25, 0.3) is 0 Å². The van der Waals surface area contributed by atoms with E-state index in [1.54, 1.807) is 0 Å². The van der Waals surface area contributed by atoms with Crippen LogP contribution in [0.1, 0.15) is 11.6 Å². The van der Waals surface area contributed by atoms with E-state index in [1.807, 2.05) is 0 Å². The van der Waals surface area contributed by atoms with E-state index in [4.69, 9.17) is 0 Å². The summed E-state index contributed by atoms with van der Waals surface area (Å²) in [6.07, 6.45) is -2.89. The molecule has 0 bridgehead atoms. The molecule has 9 heteroatoms. The van der Waals surface area contributed by atoms with E-state index >= 15 is 0 Å². The van der Waals surface area contributed by atoms with Crippen LogP contribution in [0, 0.1) is 0 Å². The van der Waals surface area contributed by atoms with Crippen molar-refractivity contribution in [2.24, 2.45) is 0 Å². The van der Waals surface area contributed by atoms with Gasteiger partial charge in [0.15, 0.2) is 0 Å². The first-order chi connectivity index (χ1) is 8.48. The lowest BCUT2D eigenvalue weighted by Crippen LogP contribution is -2.49. The standard InChI is InChI=1S/C11H13BrF3N3.2ClH/c12-9-7-8(1-2-17-9)10(11(13,14)15)18-5-3-16-4-6-18;;/h1-2,7,10,16H,3-6H2;2*1H/t10-;;/m1../s1. The van der Waals surface area contributed by atoms with Crippen LogP contribution in [0.2, 0.25) is 0 Å². The Bertz CT molecular complexity index is 414. The molecule has 1 aliphatic heterocycles. The van der Waals surface area contributed by atoms with Crippen molar-refractivity contribution in [3.05, 3.63) is 28.5 Å². The lowest BCUT2D eigenvalue weighted by molar-refractivity contribution is -0.187. The van der Waals surface area contributed by atoms with E-state index in [0.717, 1.165) is 0 Å². The second-order valence-electron chi connectivity index (χ2n) is 4.14. The van der Waals surface area contributed by atoms with Gasteiger partial charge in [0.25, 0.3) is 0 Å². The third-order valence-corrected chi connectivity index (χ3v) is 3.33. The maximum atomic E-state index is 13.2. The van der Waals surface area contributed by atoms with Crippen LogP contribution < -0.4 is 5.32 Å². The first kappa shape index (κ1) is 19.9. The Hall–Kier alpha value is -0.0800. The maximum Gasteiger partial charge on any atom is 0.408 e. The third kappa shape index (κ3) is 5.04. The average molecular weight is 397 g/mol. The van der Waals surface area contributed by atoms with Crippen LogP contribution in [0.15, 0.2) is 22.9 Å². The van der Waals surface area contributed by atoms with E-state index in [2.05, 4.69) is 26.2 Å². The Morgan fingerprint density at radius 2 is 1.85 bits per heavy atom. The smallest absolute Gasteiger partial charge is 0.314 e. The minimum Gasteiger partial charge on any atom is -0.314 e. The van der Waals surface area contributed by atoms with Gasteiger partial charge in [0.05, 0.1) is 0 Å². The number of rotatable bonds is 2. The molecule has 3 nitrogen and oxygen atoms in total. The van der Waals surface area contributed by atoms with Crippen molar-refractivity contribution in [3.63, 3.8) is 0 Å². The molecule has 116 valence electrons. The molecule has 1 aromatic rings. The highest BCUT2D eigenvalue weighted by Crippen LogP contribution is 2.38. The Balaban J connectivity index is 0.00000180. The van der Waals surface area contributed by atoms with Crippen LogP contribution in [0.5, 0.6) is 0 Å². The second-order valence-corrected chi connectivity index (χ2v) is 4.95. The summed E-state index contributed by atoms with van der Waals surface area (Å²) < 4.78 is 40.1. The number of halogens is 6. The van der Waals surface area contributed by atoms with Crippen LogP contribution >= 0.6 is 40.7 Å². The number of nitrogens with zero attached hydrogens (tertiary/aromatic N) is 2. The zero-order chi connectivity index (χ0) is 13.2. The number of hydrogen-bond donors (Lipinski definition) is 1. The molecule has 0 unspecified atom stereocenters. The molecule has 1 atom stereocenters. The highest BCUT2D eigenvalue weighted by molar-refractivity contribution is 9.10. The van der Waals surface area contributed by atoms with Crippen LogP contribution in [0.4, 0.5) is 13.2 Å². The topological polar surface area (TPSA) is 28.2 Å². The van der Waals surface area contributed by atoms with Gasteiger partial charge in [0.1, 0.15) is 10.6 Å². The molecular formula is C11H15BrCl2F3N3. The fourth-order valence-electron chi connectivity index (χ4n) is 2.13. The Morgan fingerprint density at radius 1 is 1.25 bits per heavy atom. The van der Waals surface area contributed by atoms with E-state index in [1.165, 1.54) is 23.2 Å². The van der Waals surface area contributed by atoms with Gasteiger partial charge in [-0.1, -0.05) is 0 Å². The Morgan fingerprint density at radius 3 is 2.35 bits per heavy atom. The fraction of sp³-hybridized carbons (Fsp3) is 0.545. The molecule has 1 aromatic heterocycles. The van der Waals surface area contributed by atoms with Crippen molar-refractivity contribution < 1.29 is 13.2 Å². The highest BCUT2D eigenvalue weighted by Gasteiger charge is 2.44. The van der Waals surface area contributed by atoms with Gasteiger partial charge in [-0.05, 0) is 33.6 Å². The molecule has 1 aliphatic rings. The number of piperazine rings is 1. The van der Waals surface area contributed by atoms with Gasteiger partial charge in [-0.2, -0.15) is 13.2 Å². The van der Waals surface area contributed by atoms with Gasteiger partial charge >= 0.3 is 6.18 Å². The van der Waals surface area contributed by atoms with E-state index in [0.29, 0.717) is 30.8 Å². The largest absolute Gasteiger partial charge is 0.408 e. The number of aromatic nitrogens is 1. The summed E-state index contributed by atoms with van der Waals surface area (Å²) in [6, 6.07) is 1.30. The molecule has 0 radical (unpaired) electrons. The second kappa shape index (κ2) is 8.38. The summed E-state index contributed by atoms with van der Waals surface area (Å²) in [6.45, 7) is 1.95. The lowest BCUT2D eigenvalue weighted by Gasteiger charge is -2.36. The predicted molar refractivity (Wildman–Crippen MR) is 79.7 cm³/mol. The zero-order valence-corrected chi connectivity index (χ0v) is 13.6. The average Bonchev–Trinajstić information content (AvgIpc) is 2.28. The number of alkyl halides is 3. The molecule has 2 rings (SSSR count). The number of pyridine rings is 1. The molecule has 0 aliphatic carbocycles. The summed E-state index contributed by atoms with van der Waals surface area (Å²) >= 11 is 3.11. The number of nitrogens with one attached hydrogen (secondary N) is 1. The van der Waals surface area contributed by atoms with Gasteiger partial charge < -0.3 is 5.32 Å². The fourth-order valence-corrected chi connectivity index (χ4v) is 2.52. The third-order valence-electron chi connectivity index (χ3n) is 2.89. The quantitative estimate of drug-likeness (QED) is 0.778. The molecule has 1 N–H and O–H groups in total. The van der Waals surface area contributed by atoms with Crippen molar-refractivity contribution >= 4 is 40.7 Å². The van der Waals surface area contributed by atoms with Gasteiger partial charge in [-0.15, -0.1) is 24.8 Å². The monoisotopic (exact) mass is 395 g/mol. The maximum absolute atomic E-state index is 13.2. The molecule has 1 fully saturated rings. The molecule has 0 aromatic carbocycles. The van der Waals surface area contributed by atoms with E-state index in [9.17, 15) is 13.2 Å². The van der Waals surface area contributed by atoms with Gasteiger partial charge in [-0.25, -0.2) is 4.98 Å². The molecule has 2 heterocycles. The zero-order valence-electron chi connectivity index (χ0n) is 10.4. The number of hydrogen-bond acceptors (Lipinski definition) is 3. The summed E-state index contributed by atoms with van der Waals surface area (Å²) in [5.41, 5.74) is 0.228. The van der Waals surface area contributed by atoms with Crippen molar-refractivity contribution in [2.75, 3.05) is 26.2 Å². The molecule has 0 amide bonds. The van der Waals surface area contributed by atoms with Crippen molar-refractivity contribution in [2.45, 2.75) is 12.2 Å². The summed E-state index contributed by atoms with van der Waals surface area (Å²) in [7, 11) is 0. The SMILES string of the molecule is Cl.Cl.FC(F)(F)[C@@H](c1ccnc(Br)c1)N1CCNCC1. The van der Waals surface area contributed by atoms with Crippen molar-refractivity contribution in [1.29, 1.82) is 0 Å². The highest BCUT2D eigenvalue weighted by atomic mass is 79.9. The minimum atomic E-state index is -4.28.